The quantitative estimate of drug-likeness (QED) is 0.142. The van der Waals surface area contributed by atoms with Gasteiger partial charge in [0.15, 0.2) is 0 Å². The van der Waals surface area contributed by atoms with Crippen LogP contribution in [0.5, 0.6) is 0 Å². The molecule has 4 aromatic rings. The number of hydrogen-bond acceptors (Lipinski definition) is 5. The fourth-order valence-electron chi connectivity index (χ4n) is 6.15. The van der Waals surface area contributed by atoms with Crippen molar-refractivity contribution < 1.29 is 0 Å². The van der Waals surface area contributed by atoms with E-state index in [1.165, 1.54) is 39.1 Å². The van der Waals surface area contributed by atoms with Crippen LogP contribution in [-0.2, 0) is 12.8 Å². The van der Waals surface area contributed by atoms with Crippen LogP contribution in [0.4, 0.5) is 17.2 Å². The van der Waals surface area contributed by atoms with E-state index in [2.05, 4.69) is 132 Å². The molecule has 3 heterocycles. The highest BCUT2D eigenvalue weighted by molar-refractivity contribution is 5.82. The van der Waals surface area contributed by atoms with E-state index in [9.17, 15) is 0 Å². The Labute approximate surface area is 278 Å². The van der Waals surface area contributed by atoms with Gasteiger partial charge in [-0.15, -0.1) is 5.73 Å². The second kappa shape index (κ2) is 14.8. The number of rotatable bonds is 10. The van der Waals surface area contributed by atoms with Gasteiger partial charge >= 0.3 is 0 Å². The molecule has 1 unspecified atom stereocenters. The predicted molar refractivity (Wildman–Crippen MR) is 195 cm³/mol. The standard InChI is InChI=1S/C41H42N6/c1-5-7-8-16-34-27-47(40-20-12-10-18-38(40)31(34)4)46-28-36(44-29-46)24-33-15-13-14-32(21-22-33)23-35-25-43-41(26-42-35)45-39-19-11-9-17-37(39)30(3)6-2/h5-7,9-12,15-22,25-26,28-29,32H,1,13-14,23-24,27H2,2-4H3,(H,43,45)/b30-6+. The van der Waals surface area contributed by atoms with E-state index in [-0.39, 0.29) is 0 Å². The summed E-state index contributed by atoms with van der Waals surface area (Å²) in [5.74, 6) is 1.16. The third-order valence-corrected chi connectivity index (χ3v) is 8.90. The lowest BCUT2D eigenvalue weighted by molar-refractivity contribution is 0.589. The van der Waals surface area contributed by atoms with E-state index in [0.717, 1.165) is 55.1 Å². The molecule has 0 radical (unpaired) electrons. The van der Waals surface area contributed by atoms with Gasteiger partial charge in [-0.05, 0) is 92.5 Å². The molecule has 236 valence electrons. The summed E-state index contributed by atoms with van der Waals surface area (Å²) in [7, 11) is 0. The van der Waals surface area contributed by atoms with E-state index >= 15 is 0 Å². The molecule has 2 aliphatic rings. The third-order valence-electron chi connectivity index (χ3n) is 8.90. The Morgan fingerprint density at radius 3 is 2.74 bits per heavy atom. The number of anilines is 3. The van der Waals surface area contributed by atoms with Gasteiger partial charge in [0.05, 0.1) is 42.2 Å². The number of aromatic nitrogens is 4. The molecule has 0 saturated heterocycles. The fraction of sp³-hybridized carbons (Fsp3) is 0.220. The van der Waals surface area contributed by atoms with Crippen LogP contribution in [0.1, 0.15) is 56.1 Å². The van der Waals surface area contributed by atoms with Gasteiger partial charge in [0.2, 0.25) is 0 Å². The Bertz CT molecular complexity index is 1930. The maximum absolute atomic E-state index is 4.81. The Morgan fingerprint density at radius 2 is 1.91 bits per heavy atom. The Kier molecular flexibility index (Phi) is 9.90. The zero-order valence-electron chi connectivity index (χ0n) is 27.5. The van der Waals surface area contributed by atoms with Crippen LogP contribution in [0.25, 0.3) is 11.1 Å². The molecular weight excluding hydrogens is 576 g/mol. The van der Waals surface area contributed by atoms with Gasteiger partial charge in [0.1, 0.15) is 12.1 Å². The van der Waals surface area contributed by atoms with E-state index in [1.54, 1.807) is 6.08 Å². The molecule has 0 fully saturated rings. The van der Waals surface area contributed by atoms with Gasteiger partial charge in [-0.2, -0.15) is 0 Å². The van der Waals surface area contributed by atoms with E-state index in [4.69, 9.17) is 9.97 Å². The van der Waals surface area contributed by atoms with Gasteiger partial charge in [-0.1, -0.05) is 73.4 Å². The molecule has 6 rings (SSSR count). The van der Waals surface area contributed by atoms with E-state index in [0.29, 0.717) is 5.92 Å². The Morgan fingerprint density at radius 1 is 1.06 bits per heavy atom. The Hall–Kier alpha value is -5.45. The molecule has 2 aromatic carbocycles. The molecule has 1 N–H and O–H groups in total. The number of fused-ring (bicyclic) bond motifs is 1. The number of benzene rings is 2. The van der Waals surface area contributed by atoms with Crippen molar-refractivity contribution in [2.24, 2.45) is 5.92 Å². The molecule has 0 bridgehead atoms. The summed E-state index contributed by atoms with van der Waals surface area (Å²) in [4.78, 5) is 14.2. The molecule has 6 nitrogen and oxygen atoms in total. The first-order chi connectivity index (χ1) is 23.0. The van der Waals surface area contributed by atoms with Crippen LogP contribution < -0.4 is 10.3 Å². The van der Waals surface area contributed by atoms with Crippen LogP contribution in [0.2, 0.25) is 0 Å². The number of allylic oxidation sites excluding steroid dienone is 8. The van der Waals surface area contributed by atoms with Gasteiger partial charge in [-0.3, -0.25) is 9.99 Å². The number of imidazole rings is 1. The minimum atomic E-state index is 0.411. The SMILES string of the molecule is C=CC=C=CC1=C(C)c2ccccc2N(n2cnc(CC3=CCCC(Cc4cnc(Nc5ccccc5/C(C)=C/C)cn4)C=C3)c2)C1. The van der Waals surface area contributed by atoms with Gasteiger partial charge < -0.3 is 5.32 Å². The molecule has 2 aromatic heterocycles. The average molecular weight is 619 g/mol. The summed E-state index contributed by atoms with van der Waals surface area (Å²) < 4.78 is 2.12. The van der Waals surface area contributed by atoms with Gasteiger partial charge in [0.25, 0.3) is 0 Å². The lowest BCUT2D eigenvalue weighted by Crippen LogP contribution is -2.33. The minimum Gasteiger partial charge on any atom is -0.338 e. The smallest absolute Gasteiger partial charge is 0.148 e. The maximum Gasteiger partial charge on any atom is 0.148 e. The number of hydrogen-bond donors (Lipinski definition) is 1. The van der Waals surface area contributed by atoms with Crippen LogP contribution in [-0.4, -0.2) is 26.2 Å². The number of nitrogens with zero attached hydrogens (tertiary/aromatic N) is 5. The van der Waals surface area contributed by atoms with Crippen LogP contribution in [0, 0.1) is 5.92 Å². The molecular formula is C41H42N6. The summed E-state index contributed by atoms with van der Waals surface area (Å²) in [6, 6.07) is 16.8. The largest absolute Gasteiger partial charge is 0.338 e. The molecule has 0 amide bonds. The Balaban J connectivity index is 1.09. The molecule has 1 aliphatic heterocycles. The summed E-state index contributed by atoms with van der Waals surface area (Å²) >= 11 is 0. The van der Waals surface area contributed by atoms with Crippen molar-refractivity contribution in [3.63, 3.8) is 0 Å². The minimum absolute atomic E-state index is 0.411. The second-order valence-electron chi connectivity index (χ2n) is 12.1. The first kappa shape index (κ1) is 31.5. The van der Waals surface area contributed by atoms with Crippen molar-refractivity contribution in [2.75, 3.05) is 16.9 Å². The predicted octanol–water partition coefficient (Wildman–Crippen LogP) is 9.47. The lowest BCUT2D eigenvalue weighted by atomic mass is 9.95. The lowest BCUT2D eigenvalue weighted by Gasteiger charge is -2.33. The zero-order chi connectivity index (χ0) is 32.6. The summed E-state index contributed by atoms with van der Waals surface area (Å²) in [5.41, 5.74) is 14.9. The summed E-state index contributed by atoms with van der Waals surface area (Å²) in [6.45, 7) is 10.9. The molecule has 1 atom stereocenters. The number of nitrogens with one attached hydrogen (secondary N) is 1. The van der Waals surface area contributed by atoms with Crippen molar-refractivity contribution in [3.05, 3.63) is 162 Å². The van der Waals surface area contributed by atoms with Crippen LogP contribution in [0.15, 0.2) is 139 Å². The first-order valence-corrected chi connectivity index (χ1v) is 16.3. The van der Waals surface area contributed by atoms with E-state index in [1.807, 2.05) is 30.9 Å². The molecule has 0 spiro atoms. The monoisotopic (exact) mass is 618 g/mol. The fourth-order valence-corrected chi connectivity index (χ4v) is 6.15. The average Bonchev–Trinajstić information content (AvgIpc) is 3.45. The normalized spacial score (nSPS) is 16.1. The highest BCUT2D eigenvalue weighted by Crippen LogP contribution is 2.35. The van der Waals surface area contributed by atoms with Crippen LogP contribution >= 0.6 is 0 Å². The third kappa shape index (κ3) is 7.51. The number of para-hydroxylation sites is 2. The maximum atomic E-state index is 4.81. The van der Waals surface area contributed by atoms with Crippen molar-refractivity contribution in [1.82, 2.24) is 19.6 Å². The van der Waals surface area contributed by atoms with Crippen molar-refractivity contribution in [3.8, 4) is 0 Å². The van der Waals surface area contributed by atoms with Crippen molar-refractivity contribution in [2.45, 2.75) is 46.5 Å². The van der Waals surface area contributed by atoms with Gasteiger partial charge in [0, 0.05) is 23.2 Å². The van der Waals surface area contributed by atoms with Crippen molar-refractivity contribution in [1.29, 1.82) is 0 Å². The highest BCUT2D eigenvalue weighted by Gasteiger charge is 2.22. The molecule has 6 heteroatoms. The summed E-state index contributed by atoms with van der Waals surface area (Å²) in [5, 5.41) is 5.72. The summed E-state index contributed by atoms with van der Waals surface area (Å²) in [6.07, 6.45) is 26.3. The van der Waals surface area contributed by atoms with Gasteiger partial charge in [-0.25, -0.2) is 14.6 Å². The topological polar surface area (TPSA) is 58.9 Å². The van der Waals surface area contributed by atoms with Crippen LogP contribution in [0.3, 0.4) is 0 Å². The molecule has 47 heavy (non-hydrogen) atoms. The highest BCUT2D eigenvalue weighted by atomic mass is 15.6. The second-order valence-corrected chi connectivity index (χ2v) is 12.1. The molecule has 1 aliphatic carbocycles. The van der Waals surface area contributed by atoms with E-state index < -0.39 is 0 Å². The zero-order valence-corrected chi connectivity index (χ0v) is 27.5. The van der Waals surface area contributed by atoms with Crippen molar-refractivity contribution >= 4 is 28.3 Å². The molecule has 0 saturated carbocycles. The first-order valence-electron chi connectivity index (χ1n) is 16.3.